The Bertz CT molecular complexity index is 5170. The van der Waals surface area contributed by atoms with Crippen LogP contribution in [0, 0.1) is 22.8 Å². The van der Waals surface area contributed by atoms with Gasteiger partial charge in [-0.05, 0) is 35.0 Å². The molecule has 5 aromatic heterocycles. The molecule has 5 heterocycles. The number of ether oxygens (including phenoxy) is 1. The zero-order valence-corrected chi connectivity index (χ0v) is 48.5. The number of aryl methyl sites for hydroxylation is 1. The van der Waals surface area contributed by atoms with Crippen molar-refractivity contribution in [3.8, 4) is 62.1 Å². The monoisotopic (exact) mass is 1240 g/mol. The van der Waals surface area contributed by atoms with Gasteiger partial charge in [-0.3, -0.25) is 0 Å². The molecule has 7 heteroatoms. The average molecular weight is 1240 g/mol. The number of imidazole rings is 1. The number of hydrogen-bond acceptors (Lipinski definition) is 2. The van der Waals surface area contributed by atoms with E-state index in [1.165, 1.54) is 16.3 Å². The molecule has 0 spiro atoms. The van der Waals surface area contributed by atoms with Gasteiger partial charge in [0.25, 0.3) is 0 Å². The molecule has 6 nitrogen and oxygen atoms in total. The van der Waals surface area contributed by atoms with Crippen molar-refractivity contribution in [1.82, 2.24) is 23.1 Å². The van der Waals surface area contributed by atoms with E-state index in [0.29, 0.717) is 28.4 Å². The first-order valence-corrected chi connectivity index (χ1v) is 29.0. The average Bonchev–Trinajstić information content (AvgIpc) is 1.76. The van der Waals surface area contributed by atoms with Crippen molar-refractivity contribution in [2.45, 2.75) is 59.2 Å². The predicted octanol–water partition coefficient (Wildman–Crippen LogP) is 19.4. The number of pyridine rings is 1. The van der Waals surface area contributed by atoms with Crippen LogP contribution in [0.5, 0.6) is 11.5 Å². The fourth-order valence-corrected chi connectivity index (χ4v) is 13.5. The minimum absolute atomic E-state index is 0.0669. The molecular formula is C75H57N5OPt-2. The van der Waals surface area contributed by atoms with Crippen LogP contribution in [0.15, 0.2) is 219 Å². The molecule has 400 valence electrons. The van der Waals surface area contributed by atoms with Crippen LogP contribution in [0.25, 0.3) is 122 Å². The van der Waals surface area contributed by atoms with Crippen LogP contribution in [0.2, 0.25) is 0 Å². The Balaban J connectivity index is 0.934. The van der Waals surface area contributed by atoms with Gasteiger partial charge in [-0.25, -0.2) is 0 Å². The van der Waals surface area contributed by atoms with Crippen LogP contribution in [0.3, 0.4) is 0 Å². The van der Waals surface area contributed by atoms with Crippen LogP contribution < -0.4 is 4.74 Å². The summed E-state index contributed by atoms with van der Waals surface area (Å²) in [4.78, 5) is 5.19. The van der Waals surface area contributed by atoms with Gasteiger partial charge < -0.3 is 4.40 Å². The van der Waals surface area contributed by atoms with Gasteiger partial charge in [0.1, 0.15) is 0 Å². The number of rotatable bonds is 8. The Kier molecular flexibility index (Phi) is 10.7. The van der Waals surface area contributed by atoms with Gasteiger partial charge in [-0.15, -0.1) is 0 Å². The van der Waals surface area contributed by atoms with Crippen molar-refractivity contribution in [3.63, 3.8) is 0 Å². The van der Waals surface area contributed by atoms with Crippen LogP contribution in [0.1, 0.15) is 62.3 Å². The Labute approximate surface area is 491 Å². The third-order valence-corrected chi connectivity index (χ3v) is 17.5. The third-order valence-electron chi connectivity index (χ3n) is 16.5. The SMILES string of the molecule is [2H]C([2H])([2H])c1cc(-n2c3[c-]c(Oc4[c-]c(-n5[c](=[Pt])n(-c6c(-c7ccccc7)cccc6-c6ccccc6)c6ccccc65)cc(C(C)(C)C)c4)ccc3c3cc4c5cccc6c7ccccc7n(c4cc32)c65)ncc1-c1ccc(C(C)(C)C)cc1. The maximum absolute atomic E-state index is 9.00. The fraction of sp³-hybridized carbons (Fsp3) is 0.120. The summed E-state index contributed by atoms with van der Waals surface area (Å²) in [5, 5.41) is 6.59. The number of para-hydroxylation sites is 5. The predicted molar refractivity (Wildman–Crippen MR) is 335 cm³/mol. The maximum atomic E-state index is 9.00. The zero-order chi connectivity index (χ0) is 58.3. The van der Waals surface area contributed by atoms with Crippen molar-refractivity contribution >= 4 is 70.9 Å². The summed E-state index contributed by atoms with van der Waals surface area (Å²) < 4.78 is 44.2. The normalized spacial score (nSPS) is 13.1. The molecule has 82 heavy (non-hydrogen) atoms. The molecular weight excluding hydrogens is 1180 g/mol. The Hall–Kier alpha value is -9.09. The fourth-order valence-electron chi connectivity index (χ4n) is 12.4. The first-order chi connectivity index (χ1) is 41.0. The topological polar surface area (TPSA) is 41.3 Å². The molecule has 0 atom stereocenters. The number of nitrogens with zero attached hydrogens (tertiary/aromatic N) is 5. The van der Waals surface area contributed by atoms with E-state index in [1.54, 1.807) is 12.3 Å². The Morgan fingerprint density at radius 1 is 0.451 bits per heavy atom. The molecule has 0 aliphatic carbocycles. The minimum Gasteiger partial charge on any atom is -0.0579 e. The summed E-state index contributed by atoms with van der Waals surface area (Å²) in [6.07, 6.45) is 1.72. The second-order valence-electron chi connectivity index (χ2n) is 23.6. The van der Waals surface area contributed by atoms with E-state index in [-0.39, 0.29) is 16.4 Å². The van der Waals surface area contributed by atoms with Crippen LogP contribution in [-0.2, 0) is 30.2 Å². The van der Waals surface area contributed by atoms with Gasteiger partial charge in [0.05, 0.1) is 16.6 Å². The molecule has 0 saturated carbocycles. The van der Waals surface area contributed by atoms with Gasteiger partial charge in [0.2, 0.25) is 0 Å². The summed E-state index contributed by atoms with van der Waals surface area (Å²) in [5.41, 5.74) is 16.8. The number of benzene rings is 10. The Morgan fingerprint density at radius 2 is 1.05 bits per heavy atom. The molecule has 0 saturated heterocycles. The van der Waals surface area contributed by atoms with E-state index in [9.17, 15) is 0 Å². The van der Waals surface area contributed by atoms with Gasteiger partial charge >= 0.3 is 320 Å². The first kappa shape index (κ1) is 46.6. The van der Waals surface area contributed by atoms with Crippen LogP contribution in [-0.4, -0.2) is 23.1 Å². The van der Waals surface area contributed by atoms with E-state index in [1.807, 2.05) is 18.2 Å². The molecule has 0 unspecified atom stereocenters. The summed E-state index contributed by atoms with van der Waals surface area (Å²) in [5.74, 6) is 1.46. The molecule has 0 radical (unpaired) electrons. The quantitative estimate of drug-likeness (QED) is 0.142. The first-order valence-electron chi connectivity index (χ1n) is 29.4. The summed E-state index contributed by atoms with van der Waals surface area (Å²) in [7, 11) is 0. The van der Waals surface area contributed by atoms with Gasteiger partial charge in [0, 0.05) is 37.4 Å². The smallest absolute Gasteiger partial charge is 0.0579 e. The van der Waals surface area contributed by atoms with Gasteiger partial charge in [-0.1, -0.05) is 81.4 Å². The molecule has 10 aromatic carbocycles. The molecule has 0 N–H and O–H groups in total. The molecule has 0 bridgehead atoms. The standard InChI is InChI=1S/C75H57N5O.Pt/c1-47-38-71(76-45-64(47)50-32-34-51(35-33-50)74(2,3)4)79-68-42-54(36-37-59(68)62-43-63-61-28-19-27-60-58-24-14-15-29-65(58)80(73(60)61)70(63)44-69(62)79)81-55-40-52(75(5,6)7)39-53(41-55)77-46-78(67-31-17-16-30-66(67)77)72-56(48-20-10-8-11-21-48)25-18-26-57(72)49-22-12-9-13-23-49;/h8-40,43-45H,1-7H3;/q-2;/i1D3;. The third kappa shape index (κ3) is 7.94. The molecule has 0 amide bonds. The zero-order valence-electron chi connectivity index (χ0n) is 49.2. The number of fused-ring (bicyclic) bond motifs is 10. The second kappa shape index (κ2) is 18.7. The van der Waals surface area contributed by atoms with Gasteiger partial charge in [-0.2, -0.15) is 0 Å². The molecule has 0 aliphatic rings. The molecule has 15 rings (SSSR count). The van der Waals surface area contributed by atoms with E-state index in [4.69, 9.17) is 13.8 Å². The van der Waals surface area contributed by atoms with E-state index < -0.39 is 6.85 Å². The second-order valence-corrected chi connectivity index (χ2v) is 24.6. The summed E-state index contributed by atoms with van der Waals surface area (Å²) in [6, 6.07) is 81.9. The summed E-state index contributed by atoms with van der Waals surface area (Å²) >= 11 is 2.49. The van der Waals surface area contributed by atoms with E-state index in [0.717, 1.165) is 103 Å². The van der Waals surface area contributed by atoms with Crippen LogP contribution in [0.4, 0.5) is 0 Å². The van der Waals surface area contributed by atoms with Crippen molar-refractivity contribution in [2.24, 2.45) is 0 Å². The van der Waals surface area contributed by atoms with Crippen molar-refractivity contribution in [1.29, 1.82) is 0 Å². The Morgan fingerprint density at radius 3 is 1.73 bits per heavy atom. The van der Waals surface area contributed by atoms with Gasteiger partial charge in [0.15, 0.2) is 0 Å². The van der Waals surface area contributed by atoms with Crippen molar-refractivity contribution in [3.05, 3.63) is 251 Å². The molecule has 0 fully saturated rings. The van der Waals surface area contributed by atoms with Crippen LogP contribution >= 0.6 is 0 Å². The molecule has 0 aliphatic heterocycles. The summed E-state index contributed by atoms with van der Waals surface area (Å²) in [6.45, 7) is 10.7. The number of aromatic nitrogens is 5. The molecule has 15 aromatic rings. The van der Waals surface area contributed by atoms with Crippen molar-refractivity contribution in [2.75, 3.05) is 0 Å². The minimum atomic E-state index is -2.46. The number of hydrogen-bond donors (Lipinski definition) is 0. The van der Waals surface area contributed by atoms with E-state index in [2.05, 4.69) is 279 Å². The van der Waals surface area contributed by atoms with Crippen molar-refractivity contribution < 1.29 is 28.2 Å². The van der Waals surface area contributed by atoms with E-state index >= 15 is 0 Å².